The van der Waals surface area contributed by atoms with E-state index in [1.165, 1.54) is 21.4 Å². The minimum Gasteiger partial charge on any atom is -0.329 e. The predicted octanol–water partition coefficient (Wildman–Crippen LogP) is 6.83. The van der Waals surface area contributed by atoms with E-state index in [9.17, 15) is 47.5 Å². The van der Waals surface area contributed by atoms with Crippen molar-refractivity contribution in [3.05, 3.63) is 104 Å². The van der Waals surface area contributed by atoms with Gasteiger partial charge in [0.2, 0.25) is 42.4 Å². The van der Waals surface area contributed by atoms with Crippen LogP contribution in [0.4, 0.5) is 4.39 Å². The molecule has 4 aliphatic heterocycles. The monoisotopic (exact) mass is 938 g/mol. The van der Waals surface area contributed by atoms with Gasteiger partial charge < -0.3 is 14.7 Å². The molecule has 0 radical (unpaired) electrons. The smallest absolute Gasteiger partial charge is 0.255 e. The van der Waals surface area contributed by atoms with E-state index < -0.39 is 29.8 Å². The van der Waals surface area contributed by atoms with E-state index in [4.69, 9.17) is 0 Å². The highest BCUT2D eigenvalue weighted by Crippen LogP contribution is 2.40. The van der Waals surface area contributed by atoms with E-state index in [1.54, 1.807) is 11.0 Å². The van der Waals surface area contributed by atoms with Crippen LogP contribution in [0.15, 0.2) is 48.5 Å². The third-order valence-corrected chi connectivity index (χ3v) is 12.7. The molecule has 0 aliphatic carbocycles. The van der Waals surface area contributed by atoms with E-state index in [0.29, 0.717) is 80.0 Å². The van der Waals surface area contributed by atoms with E-state index in [-0.39, 0.29) is 60.9 Å². The summed E-state index contributed by atoms with van der Waals surface area (Å²) in [4.78, 5) is 110. The molecule has 4 atom stereocenters. The Balaban J connectivity index is 0.000000218. The van der Waals surface area contributed by atoms with Crippen LogP contribution in [0.2, 0.25) is 0 Å². The second-order valence-electron chi connectivity index (χ2n) is 17.7. The maximum Gasteiger partial charge on any atom is 0.255 e. The summed E-state index contributed by atoms with van der Waals surface area (Å²) in [7, 11) is 0. The number of nitrogens with one attached hydrogen (secondary N) is 3. The van der Waals surface area contributed by atoms with Crippen LogP contribution in [0, 0.1) is 12.7 Å². The summed E-state index contributed by atoms with van der Waals surface area (Å²) >= 11 is 0. The molecule has 0 bridgehead atoms. The van der Waals surface area contributed by atoms with Gasteiger partial charge in [0.15, 0.2) is 0 Å². The predicted molar refractivity (Wildman–Crippen MR) is 254 cm³/mol. The third-order valence-electron chi connectivity index (χ3n) is 12.7. The molecule has 3 N–H and O–H groups in total. The van der Waals surface area contributed by atoms with Gasteiger partial charge >= 0.3 is 0 Å². The molecule has 3 aromatic rings. The molecule has 7 rings (SSSR count). The molecule has 0 saturated carbocycles. The highest BCUT2D eigenvalue weighted by molar-refractivity contribution is 6.06. The highest BCUT2D eigenvalue weighted by Gasteiger charge is 2.44. The molecule has 4 heterocycles. The zero-order valence-electron chi connectivity index (χ0n) is 41.0. The third kappa shape index (κ3) is 12.1. The van der Waals surface area contributed by atoms with Crippen LogP contribution in [0.3, 0.4) is 0 Å². The number of hydrogen-bond donors (Lipinski definition) is 3. The van der Waals surface area contributed by atoms with Gasteiger partial charge in [0.1, 0.15) is 23.9 Å². The average molecular weight is 939 g/mol. The summed E-state index contributed by atoms with van der Waals surface area (Å²) in [6, 6.07) is 12.7. The minimum absolute atomic E-state index is 0.112. The normalized spacial score (nSPS) is 18.8. The van der Waals surface area contributed by atoms with E-state index >= 15 is 0 Å². The summed E-state index contributed by atoms with van der Waals surface area (Å²) in [5.74, 6) is -1.96. The summed E-state index contributed by atoms with van der Waals surface area (Å²) in [5.41, 5.74) is 7.85. The zero-order chi connectivity index (χ0) is 50.6. The number of halogens is 1. The van der Waals surface area contributed by atoms with Gasteiger partial charge in [-0.05, 0) is 102 Å². The molecule has 2 fully saturated rings. The number of amides is 9. The Bertz CT molecular complexity index is 2400. The first kappa shape index (κ1) is 54.0. The Morgan fingerprint density at radius 3 is 2.03 bits per heavy atom. The molecule has 4 aliphatic rings. The molecule has 2 saturated heterocycles. The first-order valence-corrected chi connectivity index (χ1v) is 23.7. The second kappa shape index (κ2) is 24.4. The lowest BCUT2D eigenvalue weighted by atomic mass is 9.91. The summed E-state index contributed by atoms with van der Waals surface area (Å²) < 4.78 is 13.9. The first-order chi connectivity index (χ1) is 32.4. The highest BCUT2D eigenvalue weighted by atomic mass is 19.1. The maximum atomic E-state index is 13.9. The zero-order valence-corrected chi connectivity index (χ0v) is 41.0. The molecule has 4 unspecified atom stereocenters. The molecule has 3 aromatic carbocycles. The van der Waals surface area contributed by atoms with Crippen molar-refractivity contribution in [1.82, 2.24) is 30.7 Å². The van der Waals surface area contributed by atoms with Gasteiger partial charge in [0.25, 0.3) is 11.8 Å². The minimum atomic E-state index is -0.719. The standard InChI is InChI=1S/C17H20N2O3.C17H22N2O3.C16H19FN2O3.C2H6/c1-9(2)11-5-4-6-12-15(11)10(3)19(17(12)22)13-7-8-14(20)18-16(13)21;1-11(2)14-6-4-5-13(12(14)3)9-19(10-20)15-7-8-16(21)18-17(15)22;1-3-5-14(15(21)18-9-20)19-8-11-6-10(4-2)13(17)7-12(11)16(19)22;1-2/h4-6,9-10,13H,7-8H2,1-3H3,(H,18,20,21);4-6,10-11,15H,7-9H2,1-3H3,(H,18,21,22);6-7,9,14H,3-5,8H2,1-2H3,(H,18,20,21);1-2H3. The fourth-order valence-electron chi connectivity index (χ4n) is 9.26. The topological polar surface area (TPSA) is 199 Å². The number of hydrogen-bond acceptors (Lipinski definition) is 9. The maximum absolute atomic E-state index is 13.9. The van der Waals surface area contributed by atoms with Crippen molar-refractivity contribution in [2.24, 2.45) is 0 Å². The quantitative estimate of drug-likeness (QED) is 0.122. The number of fused-ring (bicyclic) bond motifs is 2. The van der Waals surface area contributed by atoms with Crippen molar-refractivity contribution in [3.8, 4) is 0 Å². The van der Waals surface area contributed by atoms with Gasteiger partial charge in [-0.15, -0.1) is 0 Å². The Morgan fingerprint density at radius 2 is 1.46 bits per heavy atom. The molecule has 16 heteroatoms. The number of aryl methyl sites for hydroxylation is 1. The molecule has 68 heavy (non-hydrogen) atoms. The van der Waals surface area contributed by atoms with Crippen molar-refractivity contribution in [2.45, 2.75) is 163 Å². The van der Waals surface area contributed by atoms with Gasteiger partial charge in [-0.25, -0.2) is 4.39 Å². The van der Waals surface area contributed by atoms with E-state index in [1.807, 2.05) is 71.9 Å². The van der Waals surface area contributed by atoms with Gasteiger partial charge in [-0.3, -0.25) is 59.1 Å². The van der Waals surface area contributed by atoms with Crippen molar-refractivity contribution >= 4 is 54.2 Å². The van der Waals surface area contributed by atoms with E-state index in [0.717, 1.165) is 27.8 Å². The van der Waals surface area contributed by atoms with Gasteiger partial charge in [-0.2, -0.15) is 0 Å². The molecule has 15 nitrogen and oxygen atoms in total. The fourth-order valence-corrected chi connectivity index (χ4v) is 9.26. The Kier molecular flexibility index (Phi) is 19.4. The second-order valence-corrected chi connectivity index (χ2v) is 17.7. The average Bonchev–Trinajstić information content (AvgIpc) is 3.76. The number of piperidine rings is 2. The van der Waals surface area contributed by atoms with Gasteiger partial charge in [0.05, 0.1) is 6.04 Å². The van der Waals surface area contributed by atoms with Crippen LogP contribution in [-0.2, 0) is 53.1 Å². The van der Waals surface area contributed by atoms with Gasteiger partial charge in [-0.1, -0.05) is 98.2 Å². The first-order valence-electron chi connectivity index (χ1n) is 23.7. The van der Waals surface area contributed by atoms with Crippen molar-refractivity contribution in [2.75, 3.05) is 0 Å². The summed E-state index contributed by atoms with van der Waals surface area (Å²) in [6.45, 7) is 20.8. The Labute approximate surface area is 398 Å². The summed E-state index contributed by atoms with van der Waals surface area (Å²) in [6.07, 6.45) is 4.00. The van der Waals surface area contributed by atoms with Crippen LogP contribution in [0.25, 0.3) is 0 Å². The van der Waals surface area contributed by atoms with Crippen molar-refractivity contribution in [1.29, 1.82) is 0 Å². The largest absolute Gasteiger partial charge is 0.329 e. The number of carbonyl (C=O) groups excluding carboxylic acids is 9. The van der Waals surface area contributed by atoms with E-state index in [2.05, 4.69) is 49.7 Å². The lowest BCUT2D eigenvalue weighted by Gasteiger charge is -2.33. The van der Waals surface area contributed by atoms with Crippen LogP contribution in [-0.4, -0.2) is 87.0 Å². The van der Waals surface area contributed by atoms with Crippen LogP contribution < -0.4 is 16.0 Å². The number of rotatable bonds is 13. The number of nitrogens with zero attached hydrogens (tertiary/aromatic N) is 3. The van der Waals surface area contributed by atoms with Crippen LogP contribution in [0.5, 0.6) is 0 Å². The molecule has 366 valence electrons. The lowest BCUT2D eigenvalue weighted by molar-refractivity contribution is -0.141. The van der Waals surface area contributed by atoms with Gasteiger partial charge in [0, 0.05) is 37.1 Å². The molecule has 9 amide bonds. The number of carbonyl (C=O) groups is 9. The SMILES string of the molecule is CC.CC(C)c1cccc2c1C(C)N(C1CCC(=O)NC1=O)C2=O.CCCC(C(=O)NC=O)N1Cc2cc(CC)c(F)cc2C1=O.Cc1c(CN(C=O)C2CCC(=O)NC2=O)cccc1C(C)C. The lowest BCUT2D eigenvalue weighted by Crippen LogP contribution is -2.53. The number of imide groups is 3. The number of benzene rings is 3. The summed E-state index contributed by atoms with van der Waals surface area (Å²) in [5, 5.41) is 6.74. The van der Waals surface area contributed by atoms with Crippen molar-refractivity contribution < 1.29 is 47.5 Å². The van der Waals surface area contributed by atoms with Crippen molar-refractivity contribution in [3.63, 3.8) is 0 Å². The molecule has 0 spiro atoms. The van der Waals surface area contributed by atoms with Crippen LogP contribution in [0.1, 0.15) is 178 Å². The molecular weight excluding hydrogens is 872 g/mol. The Hall–Kier alpha value is -6.58. The molecular formula is C52H67FN6O9. The van der Waals surface area contributed by atoms with Crippen LogP contribution >= 0.6 is 0 Å². The fraction of sp³-hybridized carbons (Fsp3) is 0.481. The Morgan fingerprint density at radius 1 is 0.838 bits per heavy atom. The molecule has 0 aromatic heterocycles.